The third kappa shape index (κ3) is 2.26. The van der Waals surface area contributed by atoms with Gasteiger partial charge in [-0.2, -0.15) is 0 Å². The first-order valence-electron chi connectivity index (χ1n) is 7.06. The molecule has 0 bridgehead atoms. The topological polar surface area (TPSA) is 26.0 Å². The molecule has 3 rings (SSSR count). The molecule has 0 radical (unpaired) electrons. The first kappa shape index (κ1) is 11.3. The van der Waals surface area contributed by atoms with E-state index in [1.807, 2.05) is 0 Å². The third-order valence-corrected chi connectivity index (χ3v) is 4.83. The van der Waals surface area contributed by atoms with Crippen molar-refractivity contribution in [1.29, 1.82) is 0 Å². The third-order valence-electron chi connectivity index (χ3n) is 4.83. The van der Waals surface area contributed by atoms with Crippen LogP contribution in [0, 0.1) is 17.8 Å². The van der Waals surface area contributed by atoms with Crippen LogP contribution in [0.5, 0.6) is 0 Å². The van der Waals surface area contributed by atoms with E-state index in [9.17, 15) is 0 Å². The Morgan fingerprint density at radius 2 is 1.76 bits per heavy atom. The predicted octanol–water partition coefficient (Wildman–Crippen LogP) is 3.55. The van der Waals surface area contributed by atoms with E-state index >= 15 is 0 Å². The molecule has 17 heavy (non-hydrogen) atoms. The average Bonchev–Trinajstić information content (AvgIpc) is 3.13. The molecular formula is C16H23N. The van der Waals surface area contributed by atoms with E-state index < -0.39 is 0 Å². The lowest BCUT2D eigenvalue weighted by molar-refractivity contribution is 0.219. The van der Waals surface area contributed by atoms with Gasteiger partial charge in [0.05, 0.1) is 0 Å². The van der Waals surface area contributed by atoms with Crippen molar-refractivity contribution in [2.24, 2.45) is 23.5 Å². The second-order valence-electron chi connectivity index (χ2n) is 6.16. The summed E-state index contributed by atoms with van der Waals surface area (Å²) in [5.41, 5.74) is 7.85. The highest BCUT2D eigenvalue weighted by atomic mass is 14.7. The Bertz CT molecular complexity index is 372. The van der Waals surface area contributed by atoms with E-state index in [1.54, 1.807) is 0 Å². The summed E-state index contributed by atoms with van der Waals surface area (Å²) >= 11 is 0. The van der Waals surface area contributed by atoms with Crippen LogP contribution < -0.4 is 5.73 Å². The Hall–Kier alpha value is -0.820. The highest BCUT2D eigenvalue weighted by Gasteiger charge is 2.46. The minimum absolute atomic E-state index is 0.463. The summed E-state index contributed by atoms with van der Waals surface area (Å²) in [6, 6.07) is 11.5. The summed E-state index contributed by atoms with van der Waals surface area (Å²) in [6.07, 6.45) is 5.30. The van der Waals surface area contributed by atoms with Gasteiger partial charge in [-0.3, -0.25) is 0 Å². The molecule has 0 heterocycles. The fourth-order valence-electron chi connectivity index (χ4n) is 3.71. The molecule has 0 spiro atoms. The molecule has 1 heteroatoms. The molecule has 0 aromatic heterocycles. The molecule has 2 fully saturated rings. The van der Waals surface area contributed by atoms with E-state index in [1.165, 1.54) is 31.2 Å². The van der Waals surface area contributed by atoms with Gasteiger partial charge in [-0.25, -0.2) is 0 Å². The van der Waals surface area contributed by atoms with Crippen molar-refractivity contribution in [3.05, 3.63) is 35.9 Å². The van der Waals surface area contributed by atoms with Crippen molar-refractivity contribution in [3.8, 4) is 0 Å². The van der Waals surface area contributed by atoms with Crippen molar-refractivity contribution >= 4 is 0 Å². The maximum absolute atomic E-state index is 6.32. The molecule has 2 saturated carbocycles. The molecule has 1 aromatic carbocycles. The number of hydrogen-bond donors (Lipinski definition) is 1. The number of benzene rings is 1. The van der Waals surface area contributed by atoms with Crippen molar-refractivity contribution in [1.82, 2.24) is 0 Å². The van der Waals surface area contributed by atoms with Gasteiger partial charge in [-0.1, -0.05) is 37.3 Å². The van der Waals surface area contributed by atoms with Crippen molar-refractivity contribution in [2.75, 3.05) is 0 Å². The van der Waals surface area contributed by atoms with Crippen LogP contribution in [0.2, 0.25) is 0 Å². The summed E-state index contributed by atoms with van der Waals surface area (Å²) in [7, 11) is 0. The Morgan fingerprint density at radius 1 is 1.00 bits per heavy atom. The van der Waals surface area contributed by atoms with Crippen molar-refractivity contribution < 1.29 is 0 Å². The molecule has 5 unspecified atom stereocenters. The van der Waals surface area contributed by atoms with Crippen LogP contribution in [0.25, 0.3) is 0 Å². The monoisotopic (exact) mass is 229 g/mol. The van der Waals surface area contributed by atoms with Gasteiger partial charge in [0.25, 0.3) is 0 Å². The van der Waals surface area contributed by atoms with Gasteiger partial charge >= 0.3 is 0 Å². The molecule has 2 N–H and O–H groups in total. The quantitative estimate of drug-likeness (QED) is 0.824. The number of rotatable bonds is 2. The molecule has 0 saturated heterocycles. The van der Waals surface area contributed by atoms with Crippen LogP contribution in [-0.4, -0.2) is 6.04 Å². The first-order valence-corrected chi connectivity index (χ1v) is 7.06. The van der Waals surface area contributed by atoms with E-state index in [0.717, 1.165) is 23.7 Å². The second-order valence-corrected chi connectivity index (χ2v) is 6.16. The Morgan fingerprint density at radius 3 is 2.53 bits per heavy atom. The second kappa shape index (κ2) is 4.45. The molecule has 2 aliphatic rings. The molecule has 92 valence electrons. The lowest BCUT2D eigenvalue weighted by Gasteiger charge is -2.33. The predicted molar refractivity (Wildman–Crippen MR) is 71.8 cm³/mol. The number of hydrogen-bond acceptors (Lipinski definition) is 1. The average molecular weight is 229 g/mol. The zero-order valence-corrected chi connectivity index (χ0v) is 10.7. The van der Waals surface area contributed by atoms with Crippen molar-refractivity contribution in [3.63, 3.8) is 0 Å². The summed E-state index contributed by atoms with van der Waals surface area (Å²) in [4.78, 5) is 0. The summed E-state index contributed by atoms with van der Waals surface area (Å²) < 4.78 is 0. The van der Waals surface area contributed by atoms with Crippen LogP contribution in [0.3, 0.4) is 0 Å². The lowest BCUT2D eigenvalue weighted by Crippen LogP contribution is -2.37. The highest BCUT2D eigenvalue weighted by molar-refractivity contribution is 5.26. The van der Waals surface area contributed by atoms with E-state index in [0.29, 0.717) is 6.04 Å². The van der Waals surface area contributed by atoms with E-state index in [2.05, 4.69) is 37.3 Å². The largest absolute Gasteiger partial charge is 0.327 e. The summed E-state index contributed by atoms with van der Waals surface area (Å²) in [5.74, 6) is 3.34. The lowest BCUT2D eigenvalue weighted by atomic mass is 9.76. The minimum Gasteiger partial charge on any atom is -0.327 e. The van der Waals surface area contributed by atoms with Crippen LogP contribution in [0.1, 0.15) is 44.1 Å². The van der Waals surface area contributed by atoms with Gasteiger partial charge in [0.2, 0.25) is 0 Å². The van der Waals surface area contributed by atoms with Gasteiger partial charge in [0, 0.05) is 6.04 Å². The summed E-state index contributed by atoms with van der Waals surface area (Å²) in [6.45, 7) is 2.39. The molecule has 1 aromatic rings. The fraction of sp³-hybridized carbons (Fsp3) is 0.625. The van der Waals surface area contributed by atoms with Crippen LogP contribution in [0.4, 0.5) is 0 Å². The smallest absolute Gasteiger partial charge is 0.00702 e. The standard InChI is InChI=1S/C16H23N/c1-11-7-8-16(17)15(9-11)14-10-13(14)12-5-3-2-4-6-12/h2-6,11,13-16H,7-10,17H2,1H3. The molecule has 5 atom stereocenters. The van der Waals surface area contributed by atoms with Crippen LogP contribution in [-0.2, 0) is 0 Å². The Kier molecular flexibility index (Phi) is 2.96. The van der Waals surface area contributed by atoms with Gasteiger partial charge in [0.15, 0.2) is 0 Å². The van der Waals surface area contributed by atoms with E-state index in [-0.39, 0.29) is 0 Å². The molecule has 1 nitrogen and oxygen atoms in total. The van der Waals surface area contributed by atoms with Gasteiger partial charge in [-0.05, 0) is 54.9 Å². The molecule has 2 aliphatic carbocycles. The SMILES string of the molecule is CC1CCC(N)C(C2CC2c2ccccc2)C1. The molecular weight excluding hydrogens is 206 g/mol. The Balaban J connectivity index is 1.68. The van der Waals surface area contributed by atoms with Crippen molar-refractivity contribution in [2.45, 2.75) is 44.6 Å². The molecule has 0 aliphatic heterocycles. The maximum atomic E-state index is 6.32. The van der Waals surface area contributed by atoms with E-state index in [4.69, 9.17) is 5.73 Å². The maximum Gasteiger partial charge on any atom is 0.00702 e. The first-order chi connectivity index (χ1) is 8.25. The Labute approximate surface area is 104 Å². The summed E-state index contributed by atoms with van der Waals surface area (Å²) in [5, 5.41) is 0. The van der Waals surface area contributed by atoms with Crippen LogP contribution in [0.15, 0.2) is 30.3 Å². The zero-order valence-electron chi connectivity index (χ0n) is 10.7. The van der Waals surface area contributed by atoms with Gasteiger partial charge in [-0.15, -0.1) is 0 Å². The fourth-order valence-corrected chi connectivity index (χ4v) is 3.71. The van der Waals surface area contributed by atoms with Gasteiger partial charge in [0.1, 0.15) is 0 Å². The zero-order chi connectivity index (χ0) is 11.8. The molecule has 0 amide bonds. The van der Waals surface area contributed by atoms with Gasteiger partial charge < -0.3 is 5.73 Å². The van der Waals surface area contributed by atoms with Crippen LogP contribution >= 0.6 is 0 Å². The number of nitrogens with two attached hydrogens (primary N) is 1. The highest BCUT2D eigenvalue weighted by Crippen LogP contribution is 2.55. The minimum atomic E-state index is 0.463. The normalized spacial score (nSPS) is 41.2.